The predicted octanol–water partition coefficient (Wildman–Crippen LogP) is 2.82. The van der Waals surface area contributed by atoms with Crippen LogP contribution in [0.4, 0.5) is 5.82 Å². The van der Waals surface area contributed by atoms with Crippen LogP contribution in [0.15, 0.2) is 55.2 Å². The van der Waals surface area contributed by atoms with E-state index in [9.17, 15) is 4.79 Å². The van der Waals surface area contributed by atoms with Crippen molar-refractivity contribution in [2.45, 2.75) is 26.3 Å². The van der Waals surface area contributed by atoms with Crippen molar-refractivity contribution in [2.24, 2.45) is 5.92 Å². The standard InChI is InChI=1S/C21H24N6O/c1-16-4-2-6-19(24-16)25-21(28)18-5-3-10-26(14-18)13-17-7-8-20(23-12-17)27-11-9-22-15-27/h2,4,6-9,11-12,15,18H,3,5,10,13-14H2,1H3,(H,24,25,28). The van der Waals surface area contributed by atoms with E-state index in [4.69, 9.17) is 0 Å². The maximum atomic E-state index is 12.7. The van der Waals surface area contributed by atoms with Gasteiger partial charge in [0.1, 0.15) is 18.0 Å². The second-order valence-electron chi connectivity index (χ2n) is 7.22. The first kappa shape index (κ1) is 18.3. The van der Waals surface area contributed by atoms with Gasteiger partial charge in [-0.2, -0.15) is 0 Å². The van der Waals surface area contributed by atoms with Crippen molar-refractivity contribution in [3.05, 3.63) is 66.5 Å². The molecule has 28 heavy (non-hydrogen) atoms. The molecular formula is C21H24N6O. The molecular weight excluding hydrogens is 352 g/mol. The zero-order chi connectivity index (χ0) is 19.3. The normalized spacial score (nSPS) is 17.4. The van der Waals surface area contributed by atoms with Crippen molar-refractivity contribution in [3.8, 4) is 5.82 Å². The van der Waals surface area contributed by atoms with Crippen molar-refractivity contribution < 1.29 is 4.79 Å². The maximum absolute atomic E-state index is 12.7. The number of anilines is 1. The Bertz CT molecular complexity index is 922. The number of carbonyl (C=O) groups excluding carboxylic acids is 1. The number of nitrogens with one attached hydrogen (secondary N) is 1. The van der Waals surface area contributed by atoms with Crippen molar-refractivity contribution in [1.29, 1.82) is 0 Å². The fraction of sp³-hybridized carbons (Fsp3) is 0.333. The van der Waals surface area contributed by atoms with Crippen LogP contribution in [0.3, 0.4) is 0 Å². The van der Waals surface area contributed by atoms with Gasteiger partial charge in [-0.1, -0.05) is 12.1 Å². The van der Waals surface area contributed by atoms with E-state index in [-0.39, 0.29) is 11.8 Å². The molecule has 0 saturated carbocycles. The van der Waals surface area contributed by atoms with E-state index in [1.165, 1.54) is 0 Å². The summed E-state index contributed by atoms with van der Waals surface area (Å²) in [5.41, 5.74) is 2.04. The van der Waals surface area contributed by atoms with Crippen LogP contribution in [0.1, 0.15) is 24.1 Å². The highest BCUT2D eigenvalue weighted by Crippen LogP contribution is 2.20. The van der Waals surface area contributed by atoms with Crippen molar-refractivity contribution in [1.82, 2.24) is 24.4 Å². The lowest BCUT2D eigenvalue weighted by Crippen LogP contribution is -2.40. The molecule has 1 aliphatic rings. The summed E-state index contributed by atoms with van der Waals surface area (Å²) in [5.74, 6) is 1.51. The quantitative estimate of drug-likeness (QED) is 0.741. The van der Waals surface area contributed by atoms with Crippen LogP contribution in [0.25, 0.3) is 5.82 Å². The molecule has 7 nitrogen and oxygen atoms in total. The monoisotopic (exact) mass is 376 g/mol. The summed E-state index contributed by atoms with van der Waals surface area (Å²) < 4.78 is 1.88. The third-order valence-electron chi connectivity index (χ3n) is 5.00. The number of likely N-dealkylation sites (tertiary alicyclic amines) is 1. The highest BCUT2D eigenvalue weighted by molar-refractivity contribution is 5.91. The molecule has 1 amide bonds. The van der Waals surface area contributed by atoms with Crippen LogP contribution in [0.2, 0.25) is 0 Å². The Balaban J connectivity index is 1.35. The summed E-state index contributed by atoms with van der Waals surface area (Å²) in [6.45, 7) is 4.46. The van der Waals surface area contributed by atoms with Crippen LogP contribution in [0.5, 0.6) is 0 Å². The minimum atomic E-state index is -0.0192. The van der Waals surface area contributed by atoms with E-state index < -0.39 is 0 Å². The SMILES string of the molecule is Cc1cccc(NC(=O)C2CCCN(Cc3ccc(-n4ccnc4)nc3)C2)n1. The van der Waals surface area contributed by atoms with E-state index in [2.05, 4.69) is 31.2 Å². The third-order valence-corrected chi connectivity index (χ3v) is 5.00. The minimum absolute atomic E-state index is 0.0192. The maximum Gasteiger partial charge on any atom is 0.229 e. The third kappa shape index (κ3) is 4.43. The van der Waals surface area contributed by atoms with Crippen LogP contribution in [0, 0.1) is 12.8 Å². The van der Waals surface area contributed by atoms with Gasteiger partial charge >= 0.3 is 0 Å². The highest BCUT2D eigenvalue weighted by atomic mass is 16.2. The van der Waals surface area contributed by atoms with Crippen LogP contribution < -0.4 is 5.32 Å². The smallest absolute Gasteiger partial charge is 0.229 e. The van der Waals surface area contributed by atoms with Gasteiger partial charge in [0.05, 0.1) is 5.92 Å². The first-order valence-corrected chi connectivity index (χ1v) is 9.57. The number of carbonyl (C=O) groups is 1. The molecule has 4 rings (SSSR count). The molecule has 1 unspecified atom stereocenters. The number of hydrogen-bond acceptors (Lipinski definition) is 5. The molecule has 3 aromatic rings. The molecule has 4 heterocycles. The zero-order valence-electron chi connectivity index (χ0n) is 16.0. The average molecular weight is 376 g/mol. The number of pyridine rings is 2. The number of aromatic nitrogens is 4. The molecule has 1 fully saturated rings. The van der Waals surface area contributed by atoms with E-state index in [0.717, 1.165) is 49.6 Å². The molecule has 0 bridgehead atoms. The minimum Gasteiger partial charge on any atom is -0.310 e. The first-order valence-electron chi connectivity index (χ1n) is 9.57. The Morgan fingerprint density at radius 3 is 2.96 bits per heavy atom. The van der Waals surface area contributed by atoms with Crippen LogP contribution >= 0.6 is 0 Å². The molecule has 1 saturated heterocycles. The molecule has 0 aliphatic carbocycles. The van der Waals surface area contributed by atoms with Gasteiger partial charge in [0.2, 0.25) is 5.91 Å². The molecule has 3 aromatic heterocycles. The van der Waals surface area contributed by atoms with Gasteiger partial charge in [0.15, 0.2) is 0 Å². The van der Waals surface area contributed by atoms with Gasteiger partial charge < -0.3 is 5.32 Å². The molecule has 0 aromatic carbocycles. The number of imidazole rings is 1. The van der Waals surface area contributed by atoms with Gasteiger partial charge in [-0.3, -0.25) is 14.3 Å². The summed E-state index contributed by atoms with van der Waals surface area (Å²) in [6.07, 6.45) is 9.17. The fourth-order valence-corrected chi connectivity index (χ4v) is 3.57. The lowest BCUT2D eigenvalue weighted by Gasteiger charge is -2.31. The Morgan fingerprint density at radius 1 is 1.29 bits per heavy atom. The Labute approximate surface area is 164 Å². The Morgan fingerprint density at radius 2 is 2.21 bits per heavy atom. The predicted molar refractivity (Wildman–Crippen MR) is 107 cm³/mol. The fourth-order valence-electron chi connectivity index (χ4n) is 3.57. The van der Waals surface area contributed by atoms with E-state index in [1.54, 1.807) is 12.5 Å². The number of nitrogens with zero attached hydrogens (tertiary/aromatic N) is 5. The van der Waals surface area contributed by atoms with Gasteiger partial charge in [-0.25, -0.2) is 15.0 Å². The number of aryl methyl sites for hydroxylation is 1. The number of rotatable bonds is 5. The summed E-state index contributed by atoms with van der Waals surface area (Å²) in [6, 6.07) is 9.74. The topological polar surface area (TPSA) is 75.9 Å². The summed E-state index contributed by atoms with van der Waals surface area (Å²) in [7, 11) is 0. The van der Waals surface area contributed by atoms with E-state index in [1.807, 2.05) is 48.1 Å². The van der Waals surface area contributed by atoms with Gasteiger partial charge in [-0.05, 0) is 50.1 Å². The summed E-state index contributed by atoms with van der Waals surface area (Å²) in [4.78, 5) is 27.9. The van der Waals surface area contributed by atoms with Gasteiger partial charge in [-0.15, -0.1) is 0 Å². The molecule has 7 heteroatoms. The molecule has 1 aliphatic heterocycles. The van der Waals surface area contributed by atoms with Crippen molar-refractivity contribution >= 4 is 11.7 Å². The van der Waals surface area contributed by atoms with Gasteiger partial charge in [0, 0.05) is 37.4 Å². The first-order chi connectivity index (χ1) is 13.7. The summed E-state index contributed by atoms with van der Waals surface area (Å²) in [5, 5.41) is 2.96. The number of hydrogen-bond donors (Lipinski definition) is 1. The molecule has 0 radical (unpaired) electrons. The summed E-state index contributed by atoms with van der Waals surface area (Å²) >= 11 is 0. The largest absolute Gasteiger partial charge is 0.310 e. The lowest BCUT2D eigenvalue weighted by molar-refractivity contribution is -0.121. The molecule has 1 N–H and O–H groups in total. The lowest BCUT2D eigenvalue weighted by atomic mass is 9.96. The molecule has 0 spiro atoms. The second-order valence-corrected chi connectivity index (χ2v) is 7.22. The van der Waals surface area contributed by atoms with Crippen LogP contribution in [-0.2, 0) is 11.3 Å². The molecule has 1 atom stereocenters. The molecule has 144 valence electrons. The Hall–Kier alpha value is -3.06. The second kappa shape index (κ2) is 8.31. The number of amides is 1. The van der Waals surface area contributed by atoms with Crippen LogP contribution in [-0.4, -0.2) is 43.4 Å². The Kier molecular flexibility index (Phi) is 5.43. The van der Waals surface area contributed by atoms with Crippen molar-refractivity contribution in [2.75, 3.05) is 18.4 Å². The highest BCUT2D eigenvalue weighted by Gasteiger charge is 2.26. The number of piperidine rings is 1. The van der Waals surface area contributed by atoms with Crippen molar-refractivity contribution in [3.63, 3.8) is 0 Å². The van der Waals surface area contributed by atoms with Gasteiger partial charge in [0.25, 0.3) is 0 Å². The van der Waals surface area contributed by atoms with E-state index in [0.29, 0.717) is 5.82 Å². The average Bonchev–Trinajstić information content (AvgIpc) is 3.24. The zero-order valence-corrected chi connectivity index (χ0v) is 16.0. The van der Waals surface area contributed by atoms with E-state index >= 15 is 0 Å².